The monoisotopic (exact) mass is 584 g/mol. The van der Waals surface area contributed by atoms with Gasteiger partial charge in [-0.15, -0.1) is 11.3 Å². The summed E-state index contributed by atoms with van der Waals surface area (Å²) in [7, 11) is -1.12. The van der Waals surface area contributed by atoms with E-state index in [4.69, 9.17) is 25.8 Å². The molecular weight excluding hydrogens is 563 g/mol. The highest BCUT2D eigenvalue weighted by Crippen LogP contribution is 2.36. The van der Waals surface area contributed by atoms with E-state index in [-0.39, 0.29) is 56.9 Å². The van der Waals surface area contributed by atoms with Gasteiger partial charge < -0.3 is 24.8 Å². The largest absolute Gasteiger partial charge is 0.489 e. The number of carbonyl (C=O) groups excluding carboxylic acids is 2. The molecule has 0 unspecified atom stereocenters. The SMILES string of the molecule is CNc1cc2c(cc1F)C(=O)N(c1ccc(NC(=O)NS(=O)(=O)c3ccc(Cl)s3)c(OCCOC)c1)CO2. The molecule has 0 spiro atoms. The number of carbonyl (C=O) groups is 2. The van der Waals surface area contributed by atoms with Gasteiger partial charge in [-0.2, -0.15) is 0 Å². The van der Waals surface area contributed by atoms with Gasteiger partial charge in [-0.3, -0.25) is 9.69 Å². The average Bonchev–Trinajstić information content (AvgIpc) is 3.32. The zero-order valence-corrected chi connectivity index (χ0v) is 22.4. The minimum Gasteiger partial charge on any atom is -0.489 e. The quantitative estimate of drug-likeness (QED) is 0.320. The normalized spacial score (nSPS) is 12.9. The van der Waals surface area contributed by atoms with Crippen LogP contribution in [0.2, 0.25) is 4.34 Å². The minimum atomic E-state index is -4.16. The molecule has 1 aromatic heterocycles. The van der Waals surface area contributed by atoms with E-state index >= 15 is 0 Å². The van der Waals surface area contributed by atoms with Gasteiger partial charge >= 0.3 is 6.03 Å². The number of hydrogen-bond acceptors (Lipinski definition) is 9. The van der Waals surface area contributed by atoms with Crippen LogP contribution in [0.3, 0.4) is 0 Å². The molecule has 0 saturated carbocycles. The first-order valence-corrected chi connectivity index (χ1v) is 13.6. The van der Waals surface area contributed by atoms with Crippen molar-refractivity contribution in [3.63, 3.8) is 0 Å². The number of nitrogens with one attached hydrogen (secondary N) is 3. The Bertz CT molecular complexity index is 1480. The Labute approximate surface area is 226 Å². The van der Waals surface area contributed by atoms with Crippen molar-refractivity contribution in [1.29, 1.82) is 0 Å². The van der Waals surface area contributed by atoms with Crippen LogP contribution in [-0.4, -0.2) is 54.5 Å². The van der Waals surface area contributed by atoms with Crippen molar-refractivity contribution in [2.75, 3.05) is 49.6 Å². The number of benzene rings is 2. The van der Waals surface area contributed by atoms with Crippen molar-refractivity contribution in [2.45, 2.75) is 4.21 Å². The number of amides is 3. The number of urea groups is 1. The second-order valence-corrected chi connectivity index (χ2v) is 11.3. The number of nitrogens with zero attached hydrogens (tertiary/aromatic N) is 1. The summed E-state index contributed by atoms with van der Waals surface area (Å²) < 4.78 is 57.6. The highest BCUT2D eigenvalue weighted by molar-refractivity contribution is 7.92. The number of ether oxygens (including phenoxy) is 3. The Morgan fingerprint density at radius 1 is 1.18 bits per heavy atom. The first-order valence-electron chi connectivity index (χ1n) is 10.9. The minimum absolute atomic E-state index is 0.0371. The molecular formula is C23H22ClFN4O7S2. The summed E-state index contributed by atoms with van der Waals surface area (Å²) in [6.07, 6.45) is 0. The molecule has 11 nitrogen and oxygen atoms in total. The maximum absolute atomic E-state index is 14.3. The zero-order chi connectivity index (χ0) is 27.4. The van der Waals surface area contributed by atoms with E-state index < -0.39 is 27.8 Å². The fourth-order valence-corrected chi connectivity index (χ4v) is 5.85. The van der Waals surface area contributed by atoms with Gasteiger partial charge in [-0.05, 0) is 30.3 Å². The molecule has 1 aliphatic rings. The molecule has 3 N–H and O–H groups in total. The lowest BCUT2D eigenvalue weighted by atomic mass is 10.1. The van der Waals surface area contributed by atoms with E-state index in [1.165, 1.54) is 48.4 Å². The lowest BCUT2D eigenvalue weighted by Gasteiger charge is -2.29. The van der Waals surface area contributed by atoms with Crippen LogP contribution in [0.15, 0.2) is 46.7 Å². The van der Waals surface area contributed by atoms with Crippen LogP contribution < -0.4 is 29.7 Å². The Morgan fingerprint density at radius 2 is 1.97 bits per heavy atom. The lowest BCUT2D eigenvalue weighted by molar-refractivity contribution is 0.0936. The van der Waals surface area contributed by atoms with Crippen molar-refractivity contribution in [1.82, 2.24) is 4.72 Å². The molecule has 0 fully saturated rings. The molecule has 38 heavy (non-hydrogen) atoms. The summed E-state index contributed by atoms with van der Waals surface area (Å²) in [5.41, 5.74) is 0.682. The number of sulfonamides is 1. The maximum Gasteiger partial charge on any atom is 0.333 e. The van der Waals surface area contributed by atoms with E-state index in [2.05, 4.69) is 10.6 Å². The van der Waals surface area contributed by atoms with Crippen molar-refractivity contribution >= 4 is 62.0 Å². The van der Waals surface area contributed by atoms with Gasteiger partial charge in [0, 0.05) is 26.3 Å². The molecule has 0 bridgehead atoms. The highest BCUT2D eigenvalue weighted by atomic mass is 35.5. The van der Waals surface area contributed by atoms with Crippen LogP contribution in [0.25, 0.3) is 0 Å². The first kappa shape index (κ1) is 27.4. The topological polar surface area (TPSA) is 135 Å². The summed E-state index contributed by atoms with van der Waals surface area (Å²) >= 11 is 6.59. The van der Waals surface area contributed by atoms with Gasteiger partial charge in [0.1, 0.15) is 28.1 Å². The van der Waals surface area contributed by atoms with Crippen LogP contribution in [0, 0.1) is 5.82 Å². The standard InChI is InChI=1S/C23H22ClFN4O7S2/c1-26-17-11-18-14(10-15(17)25)22(30)29(12-36-18)13-3-4-16(19(9-13)35-8-7-34-2)27-23(31)28-38(32,33)21-6-5-20(24)37-21/h3-6,9-11,26H,7-8,12H2,1-2H3,(H2,27,28,31). The van der Waals surface area contributed by atoms with Crippen LogP contribution in [0.5, 0.6) is 11.5 Å². The molecule has 0 aliphatic carbocycles. The lowest BCUT2D eigenvalue weighted by Crippen LogP contribution is -2.39. The van der Waals surface area contributed by atoms with Crippen molar-refractivity contribution in [3.8, 4) is 11.5 Å². The molecule has 3 amide bonds. The number of thiophene rings is 1. The van der Waals surface area contributed by atoms with Crippen LogP contribution >= 0.6 is 22.9 Å². The van der Waals surface area contributed by atoms with E-state index in [9.17, 15) is 22.4 Å². The van der Waals surface area contributed by atoms with Crippen LogP contribution in [-0.2, 0) is 14.8 Å². The maximum atomic E-state index is 14.3. The predicted molar refractivity (Wildman–Crippen MR) is 141 cm³/mol. The molecule has 2 aromatic carbocycles. The molecule has 202 valence electrons. The van der Waals surface area contributed by atoms with Gasteiger partial charge in [0.15, 0.2) is 6.73 Å². The molecule has 4 rings (SSSR count). The fourth-order valence-electron chi connectivity index (χ4n) is 3.46. The van der Waals surface area contributed by atoms with Crippen molar-refractivity contribution in [2.24, 2.45) is 0 Å². The number of methoxy groups -OCH3 is 1. The molecule has 0 saturated heterocycles. The molecule has 0 radical (unpaired) electrons. The molecule has 15 heteroatoms. The van der Waals surface area contributed by atoms with E-state index in [1.807, 2.05) is 4.72 Å². The van der Waals surface area contributed by atoms with Crippen LogP contribution in [0.1, 0.15) is 10.4 Å². The van der Waals surface area contributed by atoms with Crippen molar-refractivity contribution < 1.29 is 36.6 Å². The Balaban J connectivity index is 1.57. The molecule has 2 heterocycles. The Kier molecular flexibility index (Phi) is 8.26. The van der Waals surface area contributed by atoms with Crippen LogP contribution in [0.4, 0.5) is 26.2 Å². The first-order chi connectivity index (χ1) is 18.1. The Morgan fingerprint density at radius 3 is 2.66 bits per heavy atom. The second kappa shape index (κ2) is 11.4. The average molecular weight is 585 g/mol. The predicted octanol–water partition coefficient (Wildman–Crippen LogP) is 4.11. The third-order valence-corrected chi connectivity index (χ3v) is 8.33. The van der Waals surface area contributed by atoms with Gasteiger partial charge in [-0.25, -0.2) is 22.3 Å². The number of rotatable bonds is 9. The summed E-state index contributed by atoms with van der Waals surface area (Å²) in [6, 6.07) is 8.52. The van der Waals surface area contributed by atoms with Gasteiger partial charge in [0.2, 0.25) is 0 Å². The second-order valence-electron chi connectivity index (χ2n) is 7.72. The fraction of sp³-hybridized carbons (Fsp3) is 0.217. The summed E-state index contributed by atoms with van der Waals surface area (Å²) in [6.45, 7) is 0.149. The number of anilines is 3. The molecule has 3 aromatic rings. The number of halogens is 2. The third-order valence-electron chi connectivity index (χ3n) is 5.27. The summed E-state index contributed by atoms with van der Waals surface area (Å²) in [5, 5.41) is 5.12. The Hall–Kier alpha value is -3.59. The summed E-state index contributed by atoms with van der Waals surface area (Å²) in [5.74, 6) is -0.757. The zero-order valence-electron chi connectivity index (χ0n) is 20.0. The van der Waals surface area contributed by atoms with E-state index in [1.54, 1.807) is 7.05 Å². The molecule has 0 atom stereocenters. The van der Waals surface area contributed by atoms with Gasteiger partial charge in [0.25, 0.3) is 15.9 Å². The smallest absolute Gasteiger partial charge is 0.333 e. The number of fused-ring (bicyclic) bond motifs is 1. The van der Waals surface area contributed by atoms with E-state index in [0.29, 0.717) is 5.69 Å². The van der Waals surface area contributed by atoms with E-state index in [0.717, 1.165) is 17.4 Å². The van der Waals surface area contributed by atoms with Gasteiger partial charge in [0.05, 0.1) is 33.6 Å². The summed E-state index contributed by atoms with van der Waals surface area (Å²) in [4.78, 5) is 26.9. The van der Waals surface area contributed by atoms with Crippen molar-refractivity contribution in [3.05, 3.63) is 58.2 Å². The highest BCUT2D eigenvalue weighted by Gasteiger charge is 2.29. The third kappa shape index (κ3) is 5.93. The number of hydrogen-bond donors (Lipinski definition) is 3. The van der Waals surface area contributed by atoms with Gasteiger partial charge in [-0.1, -0.05) is 11.6 Å². The molecule has 1 aliphatic heterocycles.